The van der Waals surface area contributed by atoms with Gasteiger partial charge in [-0.3, -0.25) is 18.6 Å². The number of likely N-dealkylation sites (N-methyl/N-ethyl adjacent to an activating group) is 1. The zero-order valence-electron chi connectivity index (χ0n) is 50.2. The standard InChI is InChI=1S/C66H119N2O7P/c1-7-10-13-16-19-22-25-27-28-29-30-31-32-33-34-35-36-37-38-39-40-41-44-47-50-53-56-59-66(70)75-64(57-54-51-48-45-43-26-23-20-17-14-11-8-2)63(62-74-76(71,72)73-61-60-68(4,5)6)67-65(69)58-55-52-49-46-42-24-21-18-15-12-9-3/h10,13,18-19,21-22,27-28,30-31,33-34,54,57,63-64H,7-9,11-12,14-17,20,23-26,29,32,35-53,55-56,58-62H2,1-6H3,(H-,67,69,71,72)/p+1/b13-10-,21-18-,22-19-,28-27-,31-30-,34-33-,57-54-. The van der Waals surface area contributed by atoms with Gasteiger partial charge < -0.3 is 19.4 Å². The lowest BCUT2D eigenvalue weighted by atomic mass is 10.0. The summed E-state index contributed by atoms with van der Waals surface area (Å²) in [7, 11) is 1.48. The molecule has 1 amide bonds. The number of nitrogens with one attached hydrogen (secondary N) is 1. The van der Waals surface area contributed by atoms with Crippen LogP contribution < -0.4 is 5.32 Å². The molecule has 0 aliphatic rings. The molecule has 3 atom stereocenters. The number of carbonyl (C=O) groups is 2. The number of quaternary nitrogens is 1. The largest absolute Gasteiger partial charge is 0.472 e. The minimum absolute atomic E-state index is 0.0358. The molecule has 0 aromatic rings. The first kappa shape index (κ1) is 73.2. The summed E-state index contributed by atoms with van der Waals surface area (Å²) >= 11 is 0. The van der Waals surface area contributed by atoms with Crippen molar-refractivity contribution in [3.63, 3.8) is 0 Å². The highest BCUT2D eigenvalue weighted by Crippen LogP contribution is 2.43. The van der Waals surface area contributed by atoms with E-state index < -0.39 is 20.0 Å². The molecule has 0 aromatic heterocycles. The maximum absolute atomic E-state index is 13.5. The number of hydrogen-bond donors (Lipinski definition) is 2. The fraction of sp³-hybridized carbons (Fsp3) is 0.758. The van der Waals surface area contributed by atoms with E-state index in [0.717, 1.165) is 116 Å². The molecule has 0 radical (unpaired) electrons. The first-order valence-corrected chi connectivity index (χ1v) is 32.9. The van der Waals surface area contributed by atoms with E-state index in [2.05, 4.69) is 99.0 Å². The quantitative estimate of drug-likeness (QED) is 0.0205. The Bertz CT molecular complexity index is 1580. The highest BCUT2D eigenvalue weighted by Gasteiger charge is 2.30. The second-order valence-corrected chi connectivity index (χ2v) is 23.6. The van der Waals surface area contributed by atoms with E-state index in [1.165, 1.54) is 122 Å². The summed E-state index contributed by atoms with van der Waals surface area (Å²) < 4.78 is 30.6. The Morgan fingerprint density at radius 1 is 0.474 bits per heavy atom. The van der Waals surface area contributed by atoms with Crippen molar-refractivity contribution in [2.75, 3.05) is 40.9 Å². The lowest BCUT2D eigenvalue weighted by Gasteiger charge is -2.27. The third-order valence-corrected chi connectivity index (χ3v) is 14.6. The number of phosphoric ester groups is 1. The van der Waals surface area contributed by atoms with Crippen molar-refractivity contribution in [1.82, 2.24) is 5.32 Å². The summed E-state index contributed by atoms with van der Waals surface area (Å²) in [5.41, 5.74) is 0. The van der Waals surface area contributed by atoms with Gasteiger partial charge in [-0.05, 0) is 96.0 Å². The summed E-state index contributed by atoms with van der Waals surface area (Å²) in [5.74, 6) is -0.520. The van der Waals surface area contributed by atoms with Gasteiger partial charge in [-0.1, -0.05) is 247 Å². The summed E-state index contributed by atoms with van der Waals surface area (Å²) in [6.45, 7) is 6.85. The summed E-state index contributed by atoms with van der Waals surface area (Å²) in [4.78, 5) is 37.6. The van der Waals surface area contributed by atoms with Gasteiger partial charge in [0.2, 0.25) is 5.91 Å². The third kappa shape index (κ3) is 55.9. The van der Waals surface area contributed by atoms with Gasteiger partial charge in [0.15, 0.2) is 0 Å². The van der Waals surface area contributed by atoms with Crippen molar-refractivity contribution in [3.05, 3.63) is 85.1 Å². The van der Waals surface area contributed by atoms with E-state index in [0.29, 0.717) is 17.4 Å². The molecule has 0 saturated heterocycles. The van der Waals surface area contributed by atoms with Crippen LogP contribution in [0.15, 0.2) is 85.1 Å². The van der Waals surface area contributed by atoms with Crippen LogP contribution in [0.4, 0.5) is 0 Å². The number of carbonyl (C=O) groups excluding carboxylic acids is 2. The SMILES string of the molecule is CC/C=C\C/C=C\C/C=C\C/C=C\C/C=C\CCCCCCCCCCCCCC(=O)OC(/C=C\CCCCCCCCCCCC)C(COP(=O)(O)OCC[N+](C)(C)C)NC(=O)CCCCCCC/C=C\CCCC. The van der Waals surface area contributed by atoms with Crippen LogP contribution in [-0.4, -0.2) is 74.3 Å². The molecule has 0 heterocycles. The molecule has 3 unspecified atom stereocenters. The van der Waals surface area contributed by atoms with Gasteiger partial charge in [0.05, 0.1) is 33.8 Å². The topological polar surface area (TPSA) is 111 Å². The molecule has 0 spiro atoms. The fourth-order valence-corrected chi connectivity index (χ4v) is 9.45. The van der Waals surface area contributed by atoms with E-state index in [4.69, 9.17) is 13.8 Å². The predicted octanol–water partition coefficient (Wildman–Crippen LogP) is 19.4. The van der Waals surface area contributed by atoms with Crippen LogP contribution in [0.5, 0.6) is 0 Å². The maximum atomic E-state index is 13.5. The van der Waals surface area contributed by atoms with Crippen LogP contribution in [0, 0.1) is 0 Å². The number of phosphoric acid groups is 1. The van der Waals surface area contributed by atoms with Crippen LogP contribution in [0.3, 0.4) is 0 Å². The Labute approximate surface area is 469 Å². The van der Waals surface area contributed by atoms with E-state index in [1.54, 1.807) is 0 Å². The second kappa shape index (κ2) is 55.5. The van der Waals surface area contributed by atoms with Crippen molar-refractivity contribution in [3.8, 4) is 0 Å². The Kier molecular flexibility index (Phi) is 53.5. The Morgan fingerprint density at radius 3 is 1.32 bits per heavy atom. The molecule has 2 N–H and O–H groups in total. The molecule has 440 valence electrons. The zero-order valence-corrected chi connectivity index (χ0v) is 51.1. The Morgan fingerprint density at radius 2 is 0.855 bits per heavy atom. The number of unbranched alkanes of at least 4 members (excludes halogenated alkanes) is 28. The fourth-order valence-electron chi connectivity index (χ4n) is 8.71. The second-order valence-electron chi connectivity index (χ2n) is 22.2. The minimum atomic E-state index is -4.45. The molecule has 9 nitrogen and oxygen atoms in total. The van der Waals surface area contributed by atoms with Gasteiger partial charge in [-0.2, -0.15) is 0 Å². The highest BCUT2D eigenvalue weighted by atomic mass is 31.2. The number of nitrogens with zero attached hydrogens (tertiary/aromatic N) is 1. The first-order valence-electron chi connectivity index (χ1n) is 31.4. The normalized spacial score (nSPS) is 14.2. The van der Waals surface area contributed by atoms with Crippen molar-refractivity contribution >= 4 is 19.7 Å². The van der Waals surface area contributed by atoms with E-state index in [1.807, 2.05) is 33.3 Å². The molecule has 0 saturated carbocycles. The number of allylic oxidation sites excluding steroid dienone is 13. The number of rotatable bonds is 56. The molecular formula is C66H120N2O7P+. The number of ether oxygens (including phenoxy) is 1. The monoisotopic (exact) mass is 1080 g/mol. The summed E-state index contributed by atoms with van der Waals surface area (Å²) in [6, 6.07) is -0.855. The molecular weight excluding hydrogens is 964 g/mol. The van der Waals surface area contributed by atoms with Gasteiger partial charge in [-0.15, -0.1) is 0 Å². The van der Waals surface area contributed by atoms with Gasteiger partial charge in [0, 0.05) is 12.8 Å². The molecule has 0 rings (SSSR count). The molecule has 0 aromatic carbocycles. The number of amides is 1. The molecule has 0 aliphatic carbocycles. The highest BCUT2D eigenvalue weighted by molar-refractivity contribution is 7.47. The van der Waals surface area contributed by atoms with Crippen LogP contribution >= 0.6 is 7.82 Å². The lowest BCUT2D eigenvalue weighted by Crippen LogP contribution is -2.47. The lowest BCUT2D eigenvalue weighted by molar-refractivity contribution is -0.870. The Hall–Kier alpha value is -2.81. The first-order chi connectivity index (χ1) is 36.9. The van der Waals surface area contributed by atoms with E-state index >= 15 is 0 Å². The van der Waals surface area contributed by atoms with Gasteiger partial charge in [0.1, 0.15) is 19.3 Å². The van der Waals surface area contributed by atoms with E-state index in [9.17, 15) is 19.0 Å². The average molecular weight is 1080 g/mol. The van der Waals surface area contributed by atoms with Gasteiger partial charge in [0.25, 0.3) is 0 Å². The molecule has 0 fully saturated rings. The van der Waals surface area contributed by atoms with Crippen molar-refractivity contribution in [2.24, 2.45) is 0 Å². The van der Waals surface area contributed by atoms with Crippen molar-refractivity contribution in [1.29, 1.82) is 0 Å². The zero-order chi connectivity index (χ0) is 55.7. The maximum Gasteiger partial charge on any atom is 0.472 e. The van der Waals surface area contributed by atoms with Crippen LogP contribution in [0.25, 0.3) is 0 Å². The average Bonchev–Trinajstić information content (AvgIpc) is 3.38. The van der Waals surface area contributed by atoms with Crippen molar-refractivity contribution < 1.29 is 37.3 Å². The van der Waals surface area contributed by atoms with Gasteiger partial charge >= 0.3 is 13.8 Å². The molecule has 76 heavy (non-hydrogen) atoms. The van der Waals surface area contributed by atoms with Crippen LogP contribution in [0.1, 0.15) is 271 Å². The number of hydrogen-bond acceptors (Lipinski definition) is 6. The molecule has 0 bridgehead atoms. The minimum Gasteiger partial charge on any atom is -0.456 e. The number of esters is 1. The Balaban J connectivity index is 5.05. The van der Waals surface area contributed by atoms with Crippen molar-refractivity contribution in [2.45, 2.75) is 283 Å². The predicted molar refractivity (Wildman–Crippen MR) is 328 cm³/mol. The molecule has 0 aliphatic heterocycles. The smallest absolute Gasteiger partial charge is 0.456 e. The van der Waals surface area contributed by atoms with E-state index in [-0.39, 0.29) is 31.5 Å². The summed E-state index contributed by atoms with van der Waals surface area (Å²) in [6.07, 6.45) is 73.0. The molecule has 10 heteroatoms. The van der Waals surface area contributed by atoms with Crippen LogP contribution in [0.2, 0.25) is 0 Å². The van der Waals surface area contributed by atoms with Gasteiger partial charge in [-0.25, -0.2) is 4.57 Å². The summed E-state index contributed by atoms with van der Waals surface area (Å²) in [5, 5.41) is 3.04. The van der Waals surface area contributed by atoms with Crippen LogP contribution in [-0.2, 0) is 27.9 Å². The third-order valence-electron chi connectivity index (χ3n) is 13.6.